The van der Waals surface area contributed by atoms with Gasteiger partial charge in [-0.25, -0.2) is 14.4 Å². The first-order valence-electron chi connectivity index (χ1n) is 7.47. The summed E-state index contributed by atoms with van der Waals surface area (Å²) in [6.45, 7) is 0.805. The second kappa shape index (κ2) is 5.05. The zero-order chi connectivity index (χ0) is 15.0. The second-order valence-corrected chi connectivity index (χ2v) is 5.86. The van der Waals surface area contributed by atoms with Gasteiger partial charge in [0, 0.05) is 17.3 Å². The maximum Gasteiger partial charge on any atom is 0.149 e. The van der Waals surface area contributed by atoms with E-state index in [1.165, 1.54) is 30.8 Å². The Morgan fingerprint density at radius 2 is 1.82 bits per heavy atom. The van der Waals surface area contributed by atoms with Crippen LogP contribution >= 0.6 is 0 Å². The minimum atomic E-state index is -0.313. The fraction of sp³-hybridized carbons (Fsp3) is 0.222. The number of fused-ring (bicyclic) bond motifs is 1. The van der Waals surface area contributed by atoms with Crippen LogP contribution in [0.4, 0.5) is 10.2 Å². The number of anilines is 1. The summed E-state index contributed by atoms with van der Waals surface area (Å²) in [7, 11) is 0. The van der Waals surface area contributed by atoms with Crippen LogP contribution in [-0.4, -0.2) is 16.5 Å². The number of hydrogen-bond acceptors (Lipinski definition) is 3. The summed E-state index contributed by atoms with van der Waals surface area (Å²) in [4.78, 5) is 8.32. The van der Waals surface area contributed by atoms with Crippen molar-refractivity contribution in [1.29, 1.82) is 0 Å². The van der Waals surface area contributed by atoms with Gasteiger partial charge in [-0.05, 0) is 30.5 Å². The van der Waals surface area contributed by atoms with E-state index in [0.717, 1.165) is 11.9 Å². The number of benzene rings is 2. The number of nitrogens with one attached hydrogen (secondary N) is 1. The minimum absolute atomic E-state index is 0.186. The first-order valence-corrected chi connectivity index (χ1v) is 7.47. The fourth-order valence-corrected chi connectivity index (χ4v) is 2.96. The molecule has 0 bridgehead atoms. The van der Waals surface area contributed by atoms with Crippen molar-refractivity contribution in [3.05, 3.63) is 66.2 Å². The summed E-state index contributed by atoms with van der Waals surface area (Å²) in [5.74, 6) is 0.388. The van der Waals surface area contributed by atoms with E-state index in [-0.39, 0.29) is 11.2 Å². The van der Waals surface area contributed by atoms with Crippen LogP contribution in [0.25, 0.3) is 10.9 Å². The molecule has 1 heterocycles. The molecule has 22 heavy (non-hydrogen) atoms. The quantitative estimate of drug-likeness (QED) is 0.792. The summed E-state index contributed by atoms with van der Waals surface area (Å²) in [6, 6.07) is 15.5. The van der Waals surface area contributed by atoms with Gasteiger partial charge in [0.25, 0.3) is 0 Å². The van der Waals surface area contributed by atoms with Gasteiger partial charge in [0.2, 0.25) is 0 Å². The molecular formula is C18H16FN3. The third-order valence-electron chi connectivity index (χ3n) is 4.45. The monoisotopic (exact) mass is 293 g/mol. The Balaban J connectivity index is 1.62. The molecular weight excluding hydrogens is 277 g/mol. The lowest BCUT2D eigenvalue weighted by atomic mass is 9.96. The van der Waals surface area contributed by atoms with E-state index in [0.29, 0.717) is 11.3 Å². The Bertz CT molecular complexity index is 813. The van der Waals surface area contributed by atoms with Gasteiger partial charge in [0.05, 0.1) is 0 Å². The zero-order valence-electron chi connectivity index (χ0n) is 12.1. The molecule has 1 aliphatic carbocycles. The van der Waals surface area contributed by atoms with Crippen LogP contribution < -0.4 is 5.32 Å². The van der Waals surface area contributed by atoms with E-state index < -0.39 is 0 Å². The minimum Gasteiger partial charge on any atom is -0.369 e. The molecule has 2 aromatic carbocycles. The van der Waals surface area contributed by atoms with Gasteiger partial charge in [-0.1, -0.05) is 36.4 Å². The molecule has 0 atom stereocenters. The van der Waals surface area contributed by atoms with Gasteiger partial charge in [-0.15, -0.1) is 0 Å². The van der Waals surface area contributed by atoms with E-state index in [2.05, 4.69) is 39.6 Å². The predicted octanol–water partition coefficient (Wildman–Crippen LogP) is 3.91. The molecule has 3 nitrogen and oxygen atoms in total. The Morgan fingerprint density at radius 3 is 2.59 bits per heavy atom. The lowest BCUT2D eigenvalue weighted by molar-refractivity contribution is 0.636. The van der Waals surface area contributed by atoms with Crippen LogP contribution in [0.5, 0.6) is 0 Å². The van der Waals surface area contributed by atoms with Crippen molar-refractivity contribution in [2.24, 2.45) is 0 Å². The van der Waals surface area contributed by atoms with E-state index in [9.17, 15) is 4.39 Å². The van der Waals surface area contributed by atoms with Crippen molar-refractivity contribution < 1.29 is 4.39 Å². The molecule has 1 N–H and O–H groups in total. The van der Waals surface area contributed by atoms with Crippen LogP contribution in [0, 0.1) is 5.82 Å². The summed E-state index contributed by atoms with van der Waals surface area (Å²) in [5, 5.41) is 4.13. The predicted molar refractivity (Wildman–Crippen MR) is 85.3 cm³/mol. The van der Waals surface area contributed by atoms with E-state index in [4.69, 9.17) is 0 Å². The highest BCUT2D eigenvalue weighted by atomic mass is 19.1. The van der Waals surface area contributed by atoms with Crippen LogP contribution in [0.3, 0.4) is 0 Å². The average Bonchev–Trinajstić information content (AvgIpc) is 3.36. The van der Waals surface area contributed by atoms with E-state index in [1.807, 2.05) is 12.1 Å². The Labute approximate surface area is 128 Å². The number of halogens is 1. The van der Waals surface area contributed by atoms with Crippen molar-refractivity contribution in [2.45, 2.75) is 18.3 Å². The van der Waals surface area contributed by atoms with Crippen molar-refractivity contribution in [3.8, 4) is 0 Å². The van der Waals surface area contributed by atoms with Crippen molar-refractivity contribution in [1.82, 2.24) is 9.97 Å². The molecule has 4 heteroatoms. The second-order valence-electron chi connectivity index (χ2n) is 5.86. The summed E-state index contributed by atoms with van der Waals surface area (Å²) < 4.78 is 13.8. The molecule has 1 fully saturated rings. The van der Waals surface area contributed by atoms with Crippen molar-refractivity contribution >= 4 is 16.7 Å². The zero-order valence-corrected chi connectivity index (χ0v) is 12.1. The average molecular weight is 293 g/mol. The molecule has 0 radical (unpaired) electrons. The molecule has 0 saturated heterocycles. The maximum atomic E-state index is 13.8. The lowest BCUT2D eigenvalue weighted by Gasteiger charge is -2.17. The maximum absolute atomic E-state index is 13.8. The summed E-state index contributed by atoms with van der Waals surface area (Å²) in [6.07, 6.45) is 3.75. The Morgan fingerprint density at radius 1 is 1.00 bits per heavy atom. The number of hydrogen-bond donors (Lipinski definition) is 1. The number of para-hydroxylation sites is 1. The molecule has 4 rings (SSSR count). The van der Waals surface area contributed by atoms with Crippen LogP contribution in [0.2, 0.25) is 0 Å². The van der Waals surface area contributed by atoms with Crippen molar-refractivity contribution in [3.63, 3.8) is 0 Å². The molecule has 0 unspecified atom stereocenters. The van der Waals surface area contributed by atoms with Gasteiger partial charge in [-0.3, -0.25) is 0 Å². The number of aromatic nitrogens is 2. The van der Waals surface area contributed by atoms with Gasteiger partial charge in [-0.2, -0.15) is 0 Å². The largest absolute Gasteiger partial charge is 0.369 e. The third-order valence-corrected chi connectivity index (χ3v) is 4.45. The summed E-state index contributed by atoms with van der Waals surface area (Å²) >= 11 is 0. The summed E-state index contributed by atoms with van der Waals surface area (Å²) in [5.41, 5.74) is 1.91. The van der Waals surface area contributed by atoms with Gasteiger partial charge in [0.15, 0.2) is 0 Å². The molecule has 0 aliphatic heterocycles. The lowest BCUT2D eigenvalue weighted by Crippen LogP contribution is -2.20. The smallest absolute Gasteiger partial charge is 0.149 e. The topological polar surface area (TPSA) is 37.8 Å². The highest BCUT2D eigenvalue weighted by Gasteiger charge is 2.43. The Hall–Kier alpha value is -2.49. The number of nitrogens with zero attached hydrogens (tertiary/aromatic N) is 2. The third kappa shape index (κ3) is 2.21. The van der Waals surface area contributed by atoms with Gasteiger partial charge in [0.1, 0.15) is 23.5 Å². The van der Waals surface area contributed by atoms with Crippen LogP contribution in [0.15, 0.2) is 54.9 Å². The first-order chi connectivity index (χ1) is 10.8. The molecule has 1 saturated carbocycles. The van der Waals surface area contributed by atoms with E-state index >= 15 is 0 Å². The molecule has 0 amide bonds. The molecule has 0 spiro atoms. The fourth-order valence-electron chi connectivity index (χ4n) is 2.96. The normalized spacial score (nSPS) is 15.7. The highest BCUT2D eigenvalue weighted by molar-refractivity contribution is 5.89. The molecule has 3 aromatic rings. The highest BCUT2D eigenvalue weighted by Crippen LogP contribution is 2.48. The van der Waals surface area contributed by atoms with E-state index in [1.54, 1.807) is 6.07 Å². The molecule has 1 aliphatic rings. The van der Waals surface area contributed by atoms with Gasteiger partial charge >= 0.3 is 0 Å². The molecule has 1 aromatic heterocycles. The number of rotatable bonds is 4. The van der Waals surface area contributed by atoms with Gasteiger partial charge < -0.3 is 5.32 Å². The van der Waals surface area contributed by atoms with Crippen molar-refractivity contribution in [2.75, 3.05) is 11.9 Å². The SMILES string of the molecule is Fc1cccc2c(NCC3(c4ccccc4)CC3)ncnc12. The molecule has 110 valence electrons. The standard InChI is InChI=1S/C18H16FN3/c19-15-8-4-7-14-16(15)21-12-22-17(14)20-11-18(9-10-18)13-5-2-1-3-6-13/h1-8,12H,9-11H2,(H,20,21,22). The van der Waals surface area contributed by atoms with Crippen LogP contribution in [-0.2, 0) is 5.41 Å². The van der Waals surface area contributed by atoms with Crippen LogP contribution in [0.1, 0.15) is 18.4 Å². The first kappa shape index (κ1) is 13.2. The Kier molecular flexibility index (Phi) is 3.03.